The fourth-order valence-electron chi connectivity index (χ4n) is 6.66. The van der Waals surface area contributed by atoms with Crippen LogP contribution in [-0.4, -0.2) is 80.1 Å². The van der Waals surface area contributed by atoms with Gasteiger partial charge in [-0.25, -0.2) is 9.37 Å². The van der Waals surface area contributed by atoms with Gasteiger partial charge in [-0.1, -0.05) is 6.58 Å². The fraction of sp³-hybridized carbons (Fsp3) is 0.375. The van der Waals surface area contributed by atoms with Crippen LogP contribution in [0.2, 0.25) is 0 Å². The number of anilines is 7. The number of aromatic nitrogens is 2. The first kappa shape index (κ1) is 29.4. The Labute approximate surface area is 256 Å². The summed E-state index contributed by atoms with van der Waals surface area (Å²) in [5.74, 6) is 0.236. The summed E-state index contributed by atoms with van der Waals surface area (Å²) in [6.45, 7) is 7.18. The summed E-state index contributed by atoms with van der Waals surface area (Å²) in [6.07, 6.45) is 7.33. The summed E-state index contributed by atoms with van der Waals surface area (Å²) >= 11 is 0. The second kappa shape index (κ2) is 11.8. The molecule has 0 atom stereocenters. The molecular formula is C32H37FN8O3. The Morgan fingerprint density at radius 2 is 1.98 bits per heavy atom. The Hall–Kier alpha value is -4.71. The van der Waals surface area contributed by atoms with Gasteiger partial charge >= 0.3 is 0 Å². The van der Waals surface area contributed by atoms with Crippen LogP contribution in [-0.2, 0) is 16.0 Å². The molecule has 0 radical (unpaired) electrons. The number of likely N-dealkylation sites (tertiary alicyclic amines) is 1. The number of halogens is 1. The van der Waals surface area contributed by atoms with E-state index in [1.165, 1.54) is 35.7 Å². The molecule has 6 rings (SSSR count). The van der Waals surface area contributed by atoms with Crippen molar-refractivity contribution in [1.29, 1.82) is 0 Å². The number of carbonyl (C=O) groups is 2. The highest BCUT2D eigenvalue weighted by atomic mass is 19.1. The highest BCUT2D eigenvalue weighted by molar-refractivity contribution is 6.02. The SMILES string of the molecule is C=CC(=O)Nc1cc(Nc2nccc(N(C=O)c3cc(F)cc4c3N(C)CCC4)n2)c(OC)cc1N1CC2(CCCN2C)C1. The van der Waals surface area contributed by atoms with Crippen LogP contribution in [0.4, 0.5) is 44.6 Å². The summed E-state index contributed by atoms with van der Waals surface area (Å²) in [5, 5.41) is 6.12. The summed E-state index contributed by atoms with van der Waals surface area (Å²) in [6, 6.07) is 8.14. The minimum Gasteiger partial charge on any atom is -0.494 e. The molecule has 0 bridgehead atoms. The van der Waals surface area contributed by atoms with Crippen molar-refractivity contribution in [1.82, 2.24) is 14.9 Å². The molecule has 230 valence electrons. The van der Waals surface area contributed by atoms with Crippen molar-refractivity contribution >= 4 is 52.5 Å². The first-order valence-corrected chi connectivity index (χ1v) is 14.7. The van der Waals surface area contributed by atoms with Crippen molar-refractivity contribution in [2.24, 2.45) is 0 Å². The lowest BCUT2D eigenvalue weighted by Gasteiger charge is -2.53. The lowest BCUT2D eigenvalue weighted by atomic mass is 9.86. The number of hydrogen-bond acceptors (Lipinski definition) is 9. The van der Waals surface area contributed by atoms with Gasteiger partial charge in [-0.05, 0) is 69.1 Å². The zero-order valence-electron chi connectivity index (χ0n) is 25.3. The van der Waals surface area contributed by atoms with Crippen molar-refractivity contribution in [3.63, 3.8) is 0 Å². The van der Waals surface area contributed by atoms with Crippen molar-refractivity contribution in [2.75, 3.05) is 72.7 Å². The number of nitrogens with one attached hydrogen (secondary N) is 2. The summed E-state index contributed by atoms with van der Waals surface area (Å²) in [7, 11) is 5.67. The second-order valence-electron chi connectivity index (χ2n) is 11.7. The molecule has 0 unspecified atom stereocenters. The highest BCUT2D eigenvalue weighted by Gasteiger charge is 2.49. The topological polar surface area (TPSA) is 106 Å². The van der Waals surface area contributed by atoms with Crippen LogP contribution in [0, 0.1) is 5.82 Å². The quantitative estimate of drug-likeness (QED) is 0.272. The fourth-order valence-corrected chi connectivity index (χ4v) is 6.66. The molecule has 0 aliphatic carbocycles. The normalized spacial score (nSPS) is 17.1. The maximum atomic E-state index is 14.7. The zero-order valence-corrected chi connectivity index (χ0v) is 25.3. The van der Waals surface area contributed by atoms with Crippen LogP contribution < -0.4 is 30.1 Å². The molecule has 3 aromatic rings. The van der Waals surface area contributed by atoms with Gasteiger partial charge in [-0.15, -0.1) is 0 Å². The van der Waals surface area contributed by atoms with E-state index in [0.717, 1.165) is 62.4 Å². The van der Waals surface area contributed by atoms with Gasteiger partial charge in [0.05, 0.1) is 41.1 Å². The van der Waals surface area contributed by atoms with Crippen molar-refractivity contribution in [3.8, 4) is 5.75 Å². The molecule has 11 nitrogen and oxygen atoms in total. The van der Waals surface area contributed by atoms with Crippen LogP contribution in [0.1, 0.15) is 24.8 Å². The molecule has 2 amide bonds. The number of hydrogen-bond donors (Lipinski definition) is 2. The van der Waals surface area contributed by atoms with Gasteiger partial charge in [0.1, 0.15) is 17.4 Å². The largest absolute Gasteiger partial charge is 0.494 e. The Morgan fingerprint density at radius 3 is 2.68 bits per heavy atom. The number of nitrogens with zero attached hydrogens (tertiary/aromatic N) is 6. The molecule has 3 aliphatic rings. The van der Waals surface area contributed by atoms with Gasteiger partial charge in [-0.3, -0.25) is 19.4 Å². The van der Waals surface area contributed by atoms with Crippen LogP contribution in [0.3, 0.4) is 0 Å². The van der Waals surface area contributed by atoms with E-state index in [-0.39, 0.29) is 23.2 Å². The molecule has 2 aromatic carbocycles. The number of ether oxygens (including phenoxy) is 1. The van der Waals surface area contributed by atoms with E-state index in [4.69, 9.17) is 4.74 Å². The standard InChI is InChI=1S/C32H37FN8O3/c1-5-29(43)35-23-16-24(27(44-4)17-25(23)40-18-32(19-40)10-7-13-39(32)3)36-31-34-11-9-28(37-31)41(20-42)26-15-22(33)14-21-8-6-12-38(2)30(21)26/h5,9,11,14-17,20H,1,6-8,10,12-13,18-19H2,2-4H3,(H,35,43)(H,34,36,37). The summed E-state index contributed by atoms with van der Waals surface area (Å²) < 4.78 is 20.4. The third kappa shape index (κ3) is 5.30. The molecule has 4 heterocycles. The molecule has 2 saturated heterocycles. The monoisotopic (exact) mass is 600 g/mol. The van der Waals surface area contributed by atoms with Crippen molar-refractivity contribution < 1.29 is 18.7 Å². The Balaban J connectivity index is 1.32. The number of benzene rings is 2. The van der Waals surface area contributed by atoms with E-state index in [1.54, 1.807) is 19.2 Å². The van der Waals surface area contributed by atoms with E-state index < -0.39 is 5.82 Å². The molecule has 3 aliphatic heterocycles. The van der Waals surface area contributed by atoms with E-state index in [2.05, 4.69) is 44.0 Å². The van der Waals surface area contributed by atoms with Crippen molar-refractivity contribution in [3.05, 3.63) is 60.6 Å². The maximum absolute atomic E-state index is 14.7. The lowest BCUT2D eigenvalue weighted by molar-refractivity contribution is -0.112. The minimum atomic E-state index is -0.417. The first-order valence-electron chi connectivity index (χ1n) is 14.7. The van der Waals surface area contributed by atoms with E-state index in [9.17, 15) is 14.0 Å². The Bertz CT molecular complexity index is 1610. The summed E-state index contributed by atoms with van der Waals surface area (Å²) in [5.41, 5.74) is 4.16. The van der Waals surface area contributed by atoms with E-state index >= 15 is 0 Å². The zero-order chi connectivity index (χ0) is 31.0. The van der Waals surface area contributed by atoms with Gasteiger partial charge in [0.15, 0.2) is 0 Å². The van der Waals surface area contributed by atoms with E-state index in [1.807, 2.05) is 18.0 Å². The van der Waals surface area contributed by atoms with Crippen LogP contribution in [0.15, 0.2) is 49.2 Å². The van der Waals surface area contributed by atoms with Crippen LogP contribution in [0.25, 0.3) is 0 Å². The van der Waals surface area contributed by atoms with Gasteiger partial charge in [-0.2, -0.15) is 4.98 Å². The second-order valence-corrected chi connectivity index (χ2v) is 11.7. The highest BCUT2D eigenvalue weighted by Crippen LogP contribution is 2.45. The molecule has 44 heavy (non-hydrogen) atoms. The minimum absolute atomic E-state index is 0.151. The number of rotatable bonds is 9. The Kier molecular flexibility index (Phi) is 7.85. The van der Waals surface area contributed by atoms with Gasteiger partial charge in [0, 0.05) is 45.0 Å². The first-order chi connectivity index (χ1) is 21.2. The molecule has 2 N–H and O–H groups in total. The molecule has 12 heteroatoms. The lowest BCUT2D eigenvalue weighted by Crippen LogP contribution is -2.67. The predicted octanol–water partition coefficient (Wildman–Crippen LogP) is 4.45. The predicted molar refractivity (Wildman–Crippen MR) is 170 cm³/mol. The van der Waals surface area contributed by atoms with Gasteiger partial charge < -0.3 is 25.2 Å². The van der Waals surface area contributed by atoms with Crippen LogP contribution >= 0.6 is 0 Å². The smallest absolute Gasteiger partial charge is 0.247 e. The molecular weight excluding hydrogens is 563 g/mol. The average molecular weight is 601 g/mol. The Morgan fingerprint density at radius 1 is 1.16 bits per heavy atom. The third-order valence-electron chi connectivity index (χ3n) is 8.97. The molecule has 1 aromatic heterocycles. The number of likely N-dealkylation sites (N-methyl/N-ethyl adjacent to an activating group) is 1. The number of fused-ring (bicyclic) bond motifs is 1. The number of carbonyl (C=O) groups excluding carboxylic acids is 2. The number of methoxy groups -OCH3 is 1. The third-order valence-corrected chi connectivity index (χ3v) is 8.97. The maximum Gasteiger partial charge on any atom is 0.247 e. The van der Waals surface area contributed by atoms with Crippen molar-refractivity contribution in [2.45, 2.75) is 31.2 Å². The van der Waals surface area contributed by atoms with Gasteiger partial charge in [0.2, 0.25) is 18.3 Å². The van der Waals surface area contributed by atoms with Crippen LogP contribution in [0.5, 0.6) is 5.75 Å². The average Bonchev–Trinajstić information content (AvgIpc) is 3.38. The number of aryl methyl sites for hydroxylation is 1. The molecule has 2 fully saturated rings. The number of amides is 2. The molecule has 0 saturated carbocycles. The summed E-state index contributed by atoms with van der Waals surface area (Å²) in [4.78, 5) is 41.8. The molecule has 1 spiro atoms. The van der Waals surface area contributed by atoms with Gasteiger partial charge in [0.25, 0.3) is 0 Å². The van der Waals surface area contributed by atoms with E-state index in [0.29, 0.717) is 29.2 Å².